The summed E-state index contributed by atoms with van der Waals surface area (Å²) in [4.78, 5) is 23.3. The molecule has 0 aromatic carbocycles. The Morgan fingerprint density at radius 2 is 2.05 bits per heavy atom. The molecule has 112 valence electrons. The topological polar surface area (TPSA) is 86.1 Å². The number of hydrogen-bond donors (Lipinski definition) is 1. The molecule has 0 radical (unpaired) electrons. The van der Waals surface area contributed by atoms with E-state index in [0.717, 1.165) is 0 Å². The summed E-state index contributed by atoms with van der Waals surface area (Å²) in [5.74, 6) is 0.0703. The SMILES string of the molecule is CC(NC(=O)CCC(=O)OC(C)(C)C)c1nncn1C. The predicted octanol–water partition coefficient (Wildman–Crippen LogP) is 1.11. The largest absolute Gasteiger partial charge is 0.460 e. The quantitative estimate of drug-likeness (QED) is 0.818. The Bertz CT molecular complexity index is 476. The number of carbonyl (C=O) groups excluding carboxylic acids is 2. The van der Waals surface area contributed by atoms with Gasteiger partial charge in [-0.3, -0.25) is 9.59 Å². The first-order valence-corrected chi connectivity index (χ1v) is 6.54. The number of rotatable bonds is 5. The number of aryl methyl sites for hydroxylation is 1. The molecule has 0 spiro atoms. The molecule has 1 N–H and O–H groups in total. The van der Waals surface area contributed by atoms with Gasteiger partial charge in [-0.15, -0.1) is 10.2 Å². The van der Waals surface area contributed by atoms with Crippen LogP contribution < -0.4 is 5.32 Å². The second-order valence-corrected chi connectivity index (χ2v) is 5.68. The number of nitrogens with zero attached hydrogens (tertiary/aromatic N) is 3. The third kappa shape index (κ3) is 5.38. The predicted molar refractivity (Wildman–Crippen MR) is 72.6 cm³/mol. The standard InChI is InChI=1S/C13H22N4O3/c1-9(12-16-14-8-17(12)5)15-10(18)6-7-11(19)20-13(2,3)4/h8-9H,6-7H2,1-5H3,(H,15,18). The van der Waals surface area contributed by atoms with Gasteiger partial charge in [0.15, 0.2) is 5.82 Å². The molecule has 1 amide bonds. The lowest BCUT2D eigenvalue weighted by atomic mass is 10.2. The van der Waals surface area contributed by atoms with Gasteiger partial charge in [0, 0.05) is 13.5 Å². The number of ether oxygens (including phenoxy) is 1. The fourth-order valence-electron chi connectivity index (χ4n) is 1.67. The minimum absolute atomic E-state index is 0.0641. The van der Waals surface area contributed by atoms with Crippen LogP contribution in [0.4, 0.5) is 0 Å². The van der Waals surface area contributed by atoms with Crippen molar-refractivity contribution in [3.8, 4) is 0 Å². The van der Waals surface area contributed by atoms with Crippen LogP contribution in [0.25, 0.3) is 0 Å². The van der Waals surface area contributed by atoms with Crippen molar-refractivity contribution < 1.29 is 14.3 Å². The molecule has 1 aromatic heterocycles. The molecule has 1 atom stereocenters. The Kier molecular flexibility index (Phi) is 5.24. The summed E-state index contributed by atoms with van der Waals surface area (Å²) in [6.45, 7) is 7.19. The number of esters is 1. The Hall–Kier alpha value is -1.92. The first-order chi connectivity index (χ1) is 9.19. The van der Waals surface area contributed by atoms with Crippen molar-refractivity contribution in [3.05, 3.63) is 12.2 Å². The summed E-state index contributed by atoms with van der Waals surface area (Å²) in [6.07, 6.45) is 1.73. The van der Waals surface area contributed by atoms with Gasteiger partial charge in [0.05, 0.1) is 12.5 Å². The highest BCUT2D eigenvalue weighted by molar-refractivity contribution is 5.81. The first kappa shape index (κ1) is 16.1. The van der Waals surface area contributed by atoms with Crippen LogP contribution in [-0.2, 0) is 21.4 Å². The van der Waals surface area contributed by atoms with Crippen molar-refractivity contribution in [2.75, 3.05) is 0 Å². The van der Waals surface area contributed by atoms with Crippen molar-refractivity contribution >= 4 is 11.9 Å². The van der Waals surface area contributed by atoms with Gasteiger partial charge in [0.1, 0.15) is 11.9 Å². The normalized spacial score (nSPS) is 12.8. The molecule has 1 aromatic rings. The van der Waals surface area contributed by atoms with Crippen molar-refractivity contribution in [1.29, 1.82) is 0 Å². The van der Waals surface area contributed by atoms with E-state index >= 15 is 0 Å². The third-order valence-corrected chi connectivity index (χ3v) is 2.49. The lowest BCUT2D eigenvalue weighted by Crippen LogP contribution is -2.30. The third-order valence-electron chi connectivity index (χ3n) is 2.49. The number of amides is 1. The average Bonchev–Trinajstić information content (AvgIpc) is 2.70. The number of aromatic nitrogens is 3. The summed E-state index contributed by atoms with van der Waals surface area (Å²) in [6, 6.07) is -0.256. The van der Waals surface area contributed by atoms with E-state index in [9.17, 15) is 9.59 Å². The summed E-state index contributed by atoms with van der Waals surface area (Å²) in [5, 5.41) is 10.4. The van der Waals surface area contributed by atoms with Crippen LogP contribution in [0.3, 0.4) is 0 Å². The molecule has 0 aliphatic heterocycles. The minimum atomic E-state index is -0.528. The van der Waals surface area contributed by atoms with E-state index in [2.05, 4.69) is 15.5 Å². The van der Waals surface area contributed by atoms with Crippen LogP contribution in [0.5, 0.6) is 0 Å². The minimum Gasteiger partial charge on any atom is -0.460 e. The van der Waals surface area contributed by atoms with Gasteiger partial charge in [0.2, 0.25) is 5.91 Å². The summed E-state index contributed by atoms with van der Waals surface area (Å²) >= 11 is 0. The summed E-state index contributed by atoms with van der Waals surface area (Å²) in [7, 11) is 1.80. The van der Waals surface area contributed by atoms with Crippen molar-refractivity contribution in [2.24, 2.45) is 7.05 Å². The molecular weight excluding hydrogens is 260 g/mol. The van der Waals surface area contributed by atoms with Gasteiger partial charge in [-0.25, -0.2) is 0 Å². The maximum absolute atomic E-state index is 11.8. The van der Waals surface area contributed by atoms with E-state index in [1.165, 1.54) is 0 Å². The van der Waals surface area contributed by atoms with Crippen LogP contribution in [0, 0.1) is 0 Å². The molecule has 0 aliphatic rings. The molecule has 7 heteroatoms. The van der Waals surface area contributed by atoms with Gasteiger partial charge in [0.25, 0.3) is 0 Å². The molecule has 0 aliphatic carbocycles. The molecule has 7 nitrogen and oxygen atoms in total. The molecule has 0 fully saturated rings. The van der Waals surface area contributed by atoms with E-state index in [-0.39, 0.29) is 30.8 Å². The molecule has 1 heterocycles. The lowest BCUT2D eigenvalue weighted by molar-refractivity contribution is -0.155. The van der Waals surface area contributed by atoms with Crippen LogP contribution in [0.1, 0.15) is 52.4 Å². The van der Waals surface area contributed by atoms with Gasteiger partial charge in [-0.2, -0.15) is 0 Å². The van der Waals surface area contributed by atoms with Crippen LogP contribution in [0.2, 0.25) is 0 Å². The molecule has 20 heavy (non-hydrogen) atoms. The van der Waals surface area contributed by atoms with Gasteiger partial charge in [-0.1, -0.05) is 0 Å². The van der Waals surface area contributed by atoms with Crippen molar-refractivity contribution in [1.82, 2.24) is 20.1 Å². The summed E-state index contributed by atoms with van der Waals surface area (Å²) in [5.41, 5.74) is -0.528. The van der Waals surface area contributed by atoms with Crippen molar-refractivity contribution in [3.63, 3.8) is 0 Å². The van der Waals surface area contributed by atoms with Gasteiger partial charge >= 0.3 is 5.97 Å². The zero-order valence-electron chi connectivity index (χ0n) is 12.6. The van der Waals surface area contributed by atoms with Crippen LogP contribution in [-0.4, -0.2) is 32.2 Å². The molecule has 0 saturated carbocycles. The molecule has 1 rings (SSSR count). The molecular formula is C13H22N4O3. The Morgan fingerprint density at radius 3 is 2.55 bits per heavy atom. The maximum atomic E-state index is 11.8. The number of carbonyl (C=O) groups is 2. The zero-order chi connectivity index (χ0) is 15.3. The van der Waals surface area contributed by atoms with Gasteiger partial charge in [-0.05, 0) is 27.7 Å². The second kappa shape index (κ2) is 6.49. The van der Waals surface area contributed by atoms with E-state index < -0.39 is 5.60 Å². The highest BCUT2D eigenvalue weighted by Gasteiger charge is 2.18. The first-order valence-electron chi connectivity index (χ1n) is 6.54. The second-order valence-electron chi connectivity index (χ2n) is 5.68. The number of hydrogen-bond acceptors (Lipinski definition) is 5. The zero-order valence-corrected chi connectivity index (χ0v) is 12.6. The maximum Gasteiger partial charge on any atom is 0.306 e. The highest BCUT2D eigenvalue weighted by atomic mass is 16.6. The molecule has 0 bridgehead atoms. The van der Waals surface area contributed by atoms with E-state index in [4.69, 9.17) is 4.74 Å². The molecule has 0 saturated heterocycles. The van der Waals surface area contributed by atoms with Crippen LogP contribution >= 0.6 is 0 Å². The van der Waals surface area contributed by atoms with Crippen molar-refractivity contribution in [2.45, 2.75) is 52.2 Å². The van der Waals surface area contributed by atoms with E-state index in [1.54, 1.807) is 38.7 Å². The average molecular weight is 282 g/mol. The smallest absolute Gasteiger partial charge is 0.306 e. The Morgan fingerprint density at radius 1 is 1.40 bits per heavy atom. The Balaban J connectivity index is 2.37. The fourth-order valence-corrected chi connectivity index (χ4v) is 1.67. The fraction of sp³-hybridized carbons (Fsp3) is 0.692. The number of nitrogens with one attached hydrogen (secondary N) is 1. The highest BCUT2D eigenvalue weighted by Crippen LogP contribution is 2.10. The van der Waals surface area contributed by atoms with E-state index in [0.29, 0.717) is 5.82 Å². The lowest BCUT2D eigenvalue weighted by Gasteiger charge is -2.19. The monoisotopic (exact) mass is 282 g/mol. The summed E-state index contributed by atoms with van der Waals surface area (Å²) < 4.78 is 6.87. The van der Waals surface area contributed by atoms with E-state index in [1.807, 2.05) is 6.92 Å². The molecule has 1 unspecified atom stereocenters. The van der Waals surface area contributed by atoms with Gasteiger partial charge < -0.3 is 14.6 Å². The van der Waals surface area contributed by atoms with Crippen LogP contribution in [0.15, 0.2) is 6.33 Å². The Labute approximate surface area is 118 Å².